The first-order valence-corrected chi connectivity index (χ1v) is 11.7. The molecule has 1 aromatic carbocycles. The minimum atomic E-state index is 0.00639. The zero-order chi connectivity index (χ0) is 20.8. The second kappa shape index (κ2) is 10.4. The topological polar surface area (TPSA) is 79.5 Å². The molecule has 1 aromatic rings. The van der Waals surface area contributed by atoms with Crippen LogP contribution in [0.2, 0.25) is 0 Å². The molecular weight excluding hydrogens is 378 g/mol. The number of fused-ring (bicyclic) bond motifs is 1. The molecule has 2 saturated carbocycles. The molecule has 3 N–H and O–H groups in total. The fourth-order valence-corrected chi connectivity index (χ4v) is 5.16. The first-order chi connectivity index (χ1) is 14.7. The predicted octanol–water partition coefficient (Wildman–Crippen LogP) is 3.02. The van der Waals surface area contributed by atoms with E-state index >= 15 is 0 Å². The molecule has 0 aromatic heterocycles. The average Bonchev–Trinajstić information content (AvgIpc) is 3.20. The monoisotopic (exact) mass is 413 g/mol. The van der Waals surface area contributed by atoms with Crippen molar-refractivity contribution in [2.24, 2.45) is 5.92 Å². The van der Waals surface area contributed by atoms with Gasteiger partial charge in [0.2, 0.25) is 11.8 Å². The Labute approximate surface area is 179 Å². The third kappa shape index (κ3) is 5.82. The van der Waals surface area contributed by atoms with Crippen molar-refractivity contribution in [3.8, 4) is 0 Å². The van der Waals surface area contributed by atoms with Crippen molar-refractivity contribution >= 4 is 11.8 Å². The lowest BCUT2D eigenvalue weighted by atomic mass is 9.82. The van der Waals surface area contributed by atoms with Crippen LogP contribution in [0.5, 0.6) is 0 Å². The predicted molar refractivity (Wildman–Crippen MR) is 115 cm³/mol. The summed E-state index contributed by atoms with van der Waals surface area (Å²) in [4.78, 5) is 24.7. The van der Waals surface area contributed by atoms with Crippen molar-refractivity contribution in [1.29, 1.82) is 0 Å². The number of carbonyl (C=O) groups excluding carboxylic acids is 2. The van der Waals surface area contributed by atoms with E-state index in [9.17, 15) is 9.59 Å². The number of carbonyl (C=O) groups is 2. The Morgan fingerprint density at radius 1 is 1.10 bits per heavy atom. The minimum Gasteiger partial charge on any atom is -0.373 e. The van der Waals surface area contributed by atoms with Gasteiger partial charge in [-0.3, -0.25) is 14.9 Å². The van der Waals surface area contributed by atoms with E-state index in [-0.39, 0.29) is 36.0 Å². The lowest BCUT2D eigenvalue weighted by molar-refractivity contribution is -0.130. The number of benzene rings is 1. The van der Waals surface area contributed by atoms with Gasteiger partial charge in [0.05, 0.1) is 24.8 Å². The van der Waals surface area contributed by atoms with Gasteiger partial charge in [0, 0.05) is 18.5 Å². The molecule has 3 fully saturated rings. The molecule has 0 spiro atoms. The van der Waals surface area contributed by atoms with E-state index in [1.54, 1.807) is 0 Å². The number of ether oxygens (including phenoxy) is 1. The molecule has 5 atom stereocenters. The Morgan fingerprint density at radius 3 is 2.80 bits per heavy atom. The van der Waals surface area contributed by atoms with Gasteiger partial charge >= 0.3 is 0 Å². The summed E-state index contributed by atoms with van der Waals surface area (Å²) < 4.78 is 6.01. The normalized spacial score (nSPS) is 31.1. The van der Waals surface area contributed by atoms with Gasteiger partial charge in [0.15, 0.2) is 0 Å². The summed E-state index contributed by atoms with van der Waals surface area (Å²) in [5, 5.41) is 9.86. The van der Waals surface area contributed by atoms with Crippen LogP contribution >= 0.6 is 0 Å². The third-order valence-electron chi connectivity index (χ3n) is 6.81. The van der Waals surface area contributed by atoms with Crippen molar-refractivity contribution in [2.75, 3.05) is 0 Å². The van der Waals surface area contributed by atoms with Crippen LogP contribution in [-0.4, -0.2) is 36.2 Å². The SMILES string of the molecule is O=C(CCCC1NC(=O)C2CCCCC2N1)N[C@H]1CC[C@H](OCc2ccccc2)C1. The van der Waals surface area contributed by atoms with E-state index in [1.807, 2.05) is 18.2 Å². The summed E-state index contributed by atoms with van der Waals surface area (Å²) >= 11 is 0. The van der Waals surface area contributed by atoms with E-state index in [2.05, 4.69) is 28.1 Å². The van der Waals surface area contributed by atoms with Gasteiger partial charge < -0.3 is 15.4 Å². The maximum atomic E-state index is 12.4. The minimum absolute atomic E-state index is 0.00639. The summed E-state index contributed by atoms with van der Waals surface area (Å²) in [5.74, 6) is 0.444. The quantitative estimate of drug-likeness (QED) is 0.612. The summed E-state index contributed by atoms with van der Waals surface area (Å²) in [6.07, 6.45) is 9.63. The fourth-order valence-electron chi connectivity index (χ4n) is 5.16. The maximum absolute atomic E-state index is 12.4. The molecule has 6 heteroatoms. The lowest BCUT2D eigenvalue weighted by Gasteiger charge is -2.40. The van der Waals surface area contributed by atoms with Crippen molar-refractivity contribution < 1.29 is 14.3 Å². The Kier molecular flexibility index (Phi) is 7.39. The van der Waals surface area contributed by atoms with Crippen LogP contribution in [0.3, 0.4) is 0 Å². The Bertz CT molecular complexity index is 711. The summed E-state index contributed by atoms with van der Waals surface area (Å²) in [6.45, 7) is 0.633. The molecular formula is C24H35N3O3. The average molecular weight is 414 g/mol. The first kappa shape index (κ1) is 21.3. The highest BCUT2D eigenvalue weighted by atomic mass is 16.5. The zero-order valence-electron chi connectivity index (χ0n) is 17.8. The Balaban J connectivity index is 1.11. The second-order valence-corrected chi connectivity index (χ2v) is 9.11. The summed E-state index contributed by atoms with van der Waals surface area (Å²) in [7, 11) is 0. The maximum Gasteiger partial charge on any atom is 0.225 e. The first-order valence-electron chi connectivity index (χ1n) is 11.7. The Morgan fingerprint density at radius 2 is 1.93 bits per heavy atom. The molecule has 2 aliphatic carbocycles. The molecule has 1 saturated heterocycles. The molecule has 2 amide bonds. The van der Waals surface area contributed by atoms with E-state index in [1.165, 1.54) is 12.0 Å². The van der Waals surface area contributed by atoms with Crippen LogP contribution in [0.4, 0.5) is 0 Å². The van der Waals surface area contributed by atoms with Gasteiger partial charge in [-0.1, -0.05) is 43.2 Å². The van der Waals surface area contributed by atoms with Crippen LogP contribution in [0.25, 0.3) is 0 Å². The molecule has 3 aliphatic rings. The number of nitrogens with one attached hydrogen (secondary N) is 3. The van der Waals surface area contributed by atoms with E-state index in [4.69, 9.17) is 4.74 Å². The van der Waals surface area contributed by atoms with E-state index in [0.717, 1.165) is 51.4 Å². The fraction of sp³-hybridized carbons (Fsp3) is 0.667. The van der Waals surface area contributed by atoms with Gasteiger partial charge in [0.1, 0.15) is 0 Å². The molecule has 30 heavy (non-hydrogen) atoms. The molecule has 1 heterocycles. The van der Waals surface area contributed by atoms with Crippen molar-refractivity contribution in [3.05, 3.63) is 35.9 Å². The van der Waals surface area contributed by atoms with Crippen LogP contribution < -0.4 is 16.0 Å². The van der Waals surface area contributed by atoms with Gasteiger partial charge in [-0.25, -0.2) is 0 Å². The largest absolute Gasteiger partial charge is 0.373 e. The lowest BCUT2D eigenvalue weighted by Crippen LogP contribution is -2.62. The number of rotatable bonds is 8. The van der Waals surface area contributed by atoms with Crippen molar-refractivity contribution in [2.45, 2.75) is 95.2 Å². The van der Waals surface area contributed by atoms with E-state index < -0.39 is 0 Å². The van der Waals surface area contributed by atoms with Crippen molar-refractivity contribution in [3.63, 3.8) is 0 Å². The smallest absolute Gasteiger partial charge is 0.225 e. The van der Waals surface area contributed by atoms with Crippen LogP contribution in [0.1, 0.15) is 69.8 Å². The highest BCUT2D eigenvalue weighted by Gasteiger charge is 2.37. The van der Waals surface area contributed by atoms with Crippen LogP contribution in [0, 0.1) is 5.92 Å². The van der Waals surface area contributed by atoms with Crippen LogP contribution in [-0.2, 0) is 20.9 Å². The summed E-state index contributed by atoms with van der Waals surface area (Å²) in [5.41, 5.74) is 1.19. The molecule has 164 valence electrons. The highest BCUT2D eigenvalue weighted by Crippen LogP contribution is 2.28. The van der Waals surface area contributed by atoms with Gasteiger partial charge in [0.25, 0.3) is 0 Å². The molecule has 4 rings (SSSR count). The highest BCUT2D eigenvalue weighted by molar-refractivity contribution is 5.80. The van der Waals surface area contributed by atoms with E-state index in [0.29, 0.717) is 19.1 Å². The molecule has 6 nitrogen and oxygen atoms in total. The van der Waals surface area contributed by atoms with Crippen molar-refractivity contribution in [1.82, 2.24) is 16.0 Å². The van der Waals surface area contributed by atoms with Gasteiger partial charge in [-0.2, -0.15) is 0 Å². The van der Waals surface area contributed by atoms with Gasteiger partial charge in [-0.15, -0.1) is 0 Å². The zero-order valence-corrected chi connectivity index (χ0v) is 17.8. The van der Waals surface area contributed by atoms with Gasteiger partial charge in [-0.05, 0) is 50.5 Å². The van der Waals surface area contributed by atoms with Crippen LogP contribution in [0.15, 0.2) is 30.3 Å². The number of hydrogen-bond donors (Lipinski definition) is 3. The summed E-state index contributed by atoms with van der Waals surface area (Å²) in [6, 6.07) is 10.7. The molecule has 1 aliphatic heterocycles. The number of hydrogen-bond acceptors (Lipinski definition) is 4. The molecule has 0 bridgehead atoms. The number of amides is 2. The molecule has 3 unspecified atom stereocenters. The Hall–Kier alpha value is -1.92. The molecule has 0 radical (unpaired) electrons. The second-order valence-electron chi connectivity index (χ2n) is 9.11. The standard InChI is InChI=1S/C24H35N3O3/c28-23(12-6-11-22-26-21-10-5-4-9-20(21)24(29)27-22)25-18-13-14-19(15-18)30-16-17-7-2-1-3-8-17/h1-3,7-8,18-22,26H,4-6,9-16H2,(H,25,28)(H,27,29)/t18-,19-,20?,21?,22?/m0/s1. The third-order valence-corrected chi connectivity index (χ3v) is 6.81.